The number of thiophene rings is 3. The third kappa shape index (κ3) is 4.25. The van der Waals surface area contributed by atoms with Crippen molar-refractivity contribution in [1.29, 1.82) is 0 Å². The van der Waals surface area contributed by atoms with E-state index in [2.05, 4.69) is 13.0 Å². The van der Waals surface area contributed by atoms with Gasteiger partial charge in [-0.1, -0.05) is 55.5 Å². The highest BCUT2D eigenvalue weighted by Gasteiger charge is 2.33. The van der Waals surface area contributed by atoms with Crippen LogP contribution >= 0.6 is 34.0 Å². The Hall–Kier alpha value is -4.30. The van der Waals surface area contributed by atoms with Gasteiger partial charge in [-0.3, -0.25) is 19.2 Å². The minimum Gasteiger partial charge on any atom is -0.288 e. The van der Waals surface area contributed by atoms with Gasteiger partial charge in [0.1, 0.15) is 0 Å². The summed E-state index contributed by atoms with van der Waals surface area (Å²) in [5.74, 6) is -0.885. The molecule has 41 heavy (non-hydrogen) atoms. The number of hydrogen-bond acceptors (Lipinski definition) is 7. The zero-order valence-electron chi connectivity index (χ0n) is 21.7. The van der Waals surface area contributed by atoms with Crippen LogP contribution in [-0.4, -0.2) is 23.1 Å². The fourth-order valence-electron chi connectivity index (χ4n) is 5.23. The molecule has 0 unspecified atom stereocenters. The minimum absolute atomic E-state index is 0.211. The van der Waals surface area contributed by atoms with Crippen molar-refractivity contribution in [3.8, 4) is 19.5 Å². The van der Waals surface area contributed by atoms with Crippen LogP contribution in [0.2, 0.25) is 0 Å². The maximum absolute atomic E-state index is 12.8. The second-order valence-electron chi connectivity index (χ2n) is 9.75. The van der Waals surface area contributed by atoms with E-state index < -0.39 is 0 Å². The van der Waals surface area contributed by atoms with Gasteiger partial charge in [-0.05, 0) is 54.5 Å². The van der Waals surface area contributed by atoms with Crippen LogP contribution in [0.5, 0.6) is 0 Å². The number of rotatable bonds is 5. The summed E-state index contributed by atoms with van der Waals surface area (Å²) in [4.78, 5) is 57.4. The van der Waals surface area contributed by atoms with Gasteiger partial charge in [-0.15, -0.1) is 34.0 Å². The molecule has 0 amide bonds. The van der Waals surface area contributed by atoms with Gasteiger partial charge in [0.25, 0.3) is 0 Å². The molecule has 5 aromatic rings. The van der Waals surface area contributed by atoms with Crippen LogP contribution in [0, 0.1) is 0 Å². The molecule has 3 heterocycles. The normalized spacial score (nSPS) is 14.2. The number of Topliss-reactive ketones (excluding diaryl/α,β-unsaturated/α-hetero) is 4. The van der Waals surface area contributed by atoms with Crippen molar-refractivity contribution in [3.63, 3.8) is 0 Å². The maximum atomic E-state index is 12.8. The van der Waals surface area contributed by atoms with Crippen molar-refractivity contribution in [1.82, 2.24) is 0 Å². The van der Waals surface area contributed by atoms with Gasteiger partial charge in [0.2, 0.25) is 0 Å². The highest BCUT2D eigenvalue weighted by Crippen LogP contribution is 2.44. The zero-order chi connectivity index (χ0) is 28.2. The lowest BCUT2D eigenvalue weighted by molar-refractivity contribution is 0.0975. The Morgan fingerprint density at radius 3 is 1.44 bits per heavy atom. The fourth-order valence-corrected chi connectivity index (χ4v) is 8.61. The Morgan fingerprint density at radius 2 is 0.976 bits per heavy atom. The molecular formula is C34H20O4S3. The molecule has 0 bridgehead atoms. The van der Waals surface area contributed by atoms with E-state index >= 15 is 0 Å². The van der Waals surface area contributed by atoms with Crippen LogP contribution < -0.4 is 0 Å². The highest BCUT2D eigenvalue weighted by atomic mass is 32.1. The third-order valence-corrected chi connectivity index (χ3v) is 10.9. The topological polar surface area (TPSA) is 68.3 Å². The molecule has 3 aromatic heterocycles. The lowest BCUT2D eigenvalue weighted by Crippen LogP contribution is -1.99. The van der Waals surface area contributed by atoms with Gasteiger partial charge in [-0.25, -0.2) is 0 Å². The second-order valence-corrected chi connectivity index (χ2v) is 13.0. The Kier molecular flexibility index (Phi) is 6.23. The molecule has 2 aromatic carbocycles. The first-order valence-electron chi connectivity index (χ1n) is 13.1. The van der Waals surface area contributed by atoms with Crippen molar-refractivity contribution in [2.24, 2.45) is 0 Å². The van der Waals surface area contributed by atoms with Crippen LogP contribution in [0.1, 0.15) is 63.7 Å². The predicted octanol–water partition coefficient (Wildman–Crippen LogP) is 8.69. The molecule has 198 valence electrons. The van der Waals surface area contributed by atoms with Gasteiger partial charge in [0.15, 0.2) is 23.1 Å². The van der Waals surface area contributed by atoms with Gasteiger partial charge < -0.3 is 0 Å². The first-order chi connectivity index (χ1) is 19.9. The van der Waals surface area contributed by atoms with Gasteiger partial charge >= 0.3 is 0 Å². The number of carbonyl (C=O) groups excluding carboxylic acids is 4. The number of fused-ring (bicyclic) bond motifs is 2. The third-order valence-electron chi connectivity index (χ3n) is 7.29. The summed E-state index contributed by atoms with van der Waals surface area (Å²) in [7, 11) is 0. The molecule has 0 saturated carbocycles. The largest absolute Gasteiger partial charge is 0.288 e. The van der Waals surface area contributed by atoms with Crippen LogP contribution in [0.3, 0.4) is 0 Å². The lowest BCUT2D eigenvalue weighted by atomic mass is 10.1. The number of ketones is 4. The molecule has 7 rings (SSSR count). The Morgan fingerprint density at radius 1 is 0.537 bits per heavy atom. The summed E-state index contributed by atoms with van der Waals surface area (Å²) < 4.78 is 0. The average Bonchev–Trinajstić information content (AvgIpc) is 3.81. The van der Waals surface area contributed by atoms with Gasteiger partial charge in [0.05, 0.1) is 11.1 Å². The molecule has 0 aliphatic heterocycles. The molecule has 4 nitrogen and oxygen atoms in total. The number of aryl methyl sites for hydroxylation is 1. The molecule has 0 atom stereocenters. The van der Waals surface area contributed by atoms with Crippen molar-refractivity contribution < 1.29 is 19.2 Å². The SMILES string of the molecule is CCc1cc(-c2ccc(C=C3C(=O)c4ccccc4C3=O)s2)sc1-c1ccc(C=C2C(=O)c3ccccc3C2=O)s1. The first-order valence-corrected chi connectivity index (χ1v) is 15.5. The quantitative estimate of drug-likeness (QED) is 0.152. The molecule has 0 fully saturated rings. The van der Waals surface area contributed by atoms with Crippen molar-refractivity contribution in [2.75, 3.05) is 0 Å². The standard InChI is InChI=1S/C34H20O4S3/c1-2-18-15-29(27-13-11-19(39-27)16-25-30(35)21-7-3-4-8-22(21)31(25)36)41-34(18)28-14-12-20(40-28)17-26-32(37)23-9-5-6-10-24(23)33(26)38/h3-17H,2H2,1H3. The summed E-state index contributed by atoms with van der Waals surface area (Å²) >= 11 is 4.81. The number of hydrogen-bond donors (Lipinski definition) is 0. The van der Waals surface area contributed by atoms with E-state index in [1.165, 1.54) is 5.56 Å². The van der Waals surface area contributed by atoms with E-state index in [0.717, 1.165) is 35.7 Å². The summed E-state index contributed by atoms with van der Waals surface area (Å²) in [6, 6.07) is 24.1. The molecular weight excluding hydrogens is 569 g/mol. The van der Waals surface area contributed by atoms with Crippen LogP contribution in [0.15, 0.2) is 90.0 Å². The Balaban J connectivity index is 1.17. The lowest BCUT2D eigenvalue weighted by Gasteiger charge is -1.96. The zero-order valence-corrected chi connectivity index (χ0v) is 24.2. The number of carbonyl (C=O) groups is 4. The molecule has 7 heteroatoms. The highest BCUT2D eigenvalue weighted by molar-refractivity contribution is 7.27. The second kappa shape index (κ2) is 9.96. The Labute approximate surface area is 247 Å². The minimum atomic E-state index is -0.222. The number of benzene rings is 2. The van der Waals surface area contributed by atoms with E-state index in [9.17, 15) is 19.2 Å². The summed E-state index contributed by atoms with van der Waals surface area (Å²) in [5.41, 5.74) is 3.51. The van der Waals surface area contributed by atoms with Crippen LogP contribution in [-0.2, 0) is 6.42 Å². The molecule has 2 aliphatic rings. The van der Waals surface area contributed by atoms with E-state index in [1.54, 1.807) is 94.7 Å². The van der Waals surface area contributed by atoms with E-state index in [-0.39, 0.29) is 34.3 Å². The summed E-state index contributed by atoms with van der Waals surface area (Å²) in [6.07, 6.45) is 4.27. The van der Waals surface area contributed by atoms with Crippen molar-refractivity contribution >= 4 is 69.3 Å². The van der Waals surface area contributed by atoms with Crippen molar-refractivity contribution in [2.45, 2.75) is 13.3 Å². The molecule has 0 N–H and O–H groups in total. The number of allylic oxidation sites excluding steroid dienone is 2. The van der Waals surface area contributed by atoms with Crippen LogP contribution in [0.25, 0.3) is 31.7 Å². The summed E-state index contributed by atoms with van der Waals surface area (Å²) in [6.45, 7) is 2.12. The molecule has 0 radical (unpaired) electrons. The first kappa shape index (κ1) is 25.7. The fraction of sp³-hybridized carbons (Fsp3) is 0.0588. The van der Waals surface area contributed by atoms with Gasteiger partial charge in [-0.2, -0.15) is 0 Å². The molecule has 0 saturated heterocycles. The average molecular weight is 589 g/mol. The van der Waals surface area contributed by atoms with E-state index in [4.69, 9.17) is 0 Å². The Bertz CT molecular complexity index is 1940. The summed E-state index contributed by atoms with van der Waals surface area (Å²) in [5, 5.41) is 0. The van der Waals surface area contributed by atoms with Crippen LogP contribution in [0.4, 0.5) is 0 Å². The van der Waals surface area contributed by atoms with E-state index in [1.807, 2.05) is 24.3 Å². The monoisotopic (exact) mass is 588 g/mol. The van der Waals surface area contributed by atoms with Gasteiger partial charge in [0, 0.05) is 51.5 Å². The molecule has 0 spiro atoms. The van der Waals surface area contributed by atoms with Crippen molar-refractivity contribution in [3.05, 3.63) is 128 Å². The maximum Gasteiger partial charge on any atom is 0.197 e. The predicted molar refractivity (Wildman–Crippen MR) is 166 cm³/mol. The van der Waals surface area contributed by atoms with E-state index in [0.29, 0.717) is 22.3 Å². The molecule has 2 aliphatic carbocycles. The smallest absolute Gasteiger partial charge is 0.197 e.